The maximum absolute atomic E-state index is 13.6. The lowest BCUT2D eigenvalue weighted by atomic mass is 9.89. The van der Waals surface area contributed by atoms with Gasteiger partial charge in [-0.1, -0.05) is 6.92 Å². The molecule has 0 aliphatic carbocycles. The fourth-order valence-electron chi connectivity index (χ4n) is 4.06. The molecule has 2 rings (SSSR count). The van der Waals surface area contributed by atoms with Gasteiger partial charge in [0.05, 0.1) is 26.2 Å². The van der Waals surface area contributed by atoms with Crippen molar-refractivity contribution in [1.29, 1.82) is 0 Å². The van der Waals surface area contributed by atoms with Crippen LogP contribution in [-0.2, 0) is 22.4 Å². The average Bonchev–Trinajstić information content (AvgIpc) is 2.85. The van der Waals surface area contributed by atoms with Gasteiger partial charge in [-0.15, -0.1) is 0 Å². The highest BCUT2D eigenvalue weighted by Crippen LogP contribution is 2.36. The summed E-state index contributed by atoms with van der Waals surface area (Å²) in [6, 6.07) is 5.86. The van der Waals surface area contributed by atoms with E-state index in [1.165, 1.54) is 20.3 Å². The van der Waals surface area contributed by atoms with Gasteiger partial charge < -0.3 is 34.2 Å². The monoisotopic (exact) mass is 502 g/mol. The molecule has 0 aromatic heterocycles. The Kier molecular flexibility index (Phi) is 11.0. The number of aromatic hydroxyl groups is 2. The third-order valence-electron chi connectivity index (χ3n) is 6.01. The third kappa shape index (κ3) is 7.11. The summed E-state index contributed by atoms with van der Waals surface area (Å²) in [5.41, 5.74) is 1.03. The van der Waals surface area contributed by atoms with Crippen molar-refractivity contribution in [2.24, 2.45) is 0 Å². The smallest absolute Gasteiger partial charge is 0.227 e. The second-order valence-electron chi connectivity index (χ2n) is 8.71. The molecule has 0 heterocycles. The minimum absolute atomic E-state index is 0.00493. The highest BCUT2D eigenvalue weighted by Gasteiger charge is 2.27. The van der Waals surface area contributed by atoms with Crippen LogP contribution >= 0.6 is 0 Å². The van der Waals surface area contributed by atoms with Crippen molar-refractivity contribution in [3.05, 3.63) is 46.5 Å². The molecular weight excluding hydrogens is 464 g/mol. The first-order chi connectivity index (χ1) is 17.2. The van der Waals surface area contributed by atoms with Gasteiger partial charge in [0, 0.05) is 45.0 Å². The van der Waals surface area contributed by atoms with Crippen molar-refractivity contribution in [3.8, 4) is 23.0 Å². The number of benzene rings is 2. The summed E-state index contributed by atoms with van der Waals surface area (Å²) in [6.07, 6.45) is 0.904. The van der Waals surface area contributed by atoms with Crippen LogP contribution in [0.1, 0.15) is 40.4 Å². The van der Waals surface area contributed by atoms with Gasteiger partial charge in [0.15, 0.2) is 17.3 Å². The standard InChI is InChI=1S/C27H38N2O7/c1-7-19-20(16-25(32)29(11-8-14-34-4)13-12-28(2)3)26(22(31)17-21(19)30)27(33)18-9-10-23(35-5)24(15-18)36-6/h9-10,15,17,30-31H,7-8,11-14,16H2,1-6H3. The van der Waals surface area contributed by atoms with Crippen LogP contribution in [0.3, 0.4) is 0 Å². The molecule has 0 atom stereocenters. The van der Waals surface area contributed by atoms with Crippen LogP contribution in [0.25, 0.3) is 0 Å². The number of phenolic OH excluding ortho intramolecular Hbond substituents is 2. The van der Waals surface area contributed by atoms with Crippen LogP contribution < -0.4 is 9.47 Å². The molecule has 0 aliphatic heterocycles. The Morgan fingerprint density at radius 2 is 1.58 bits per heavy atom. The molecule has 9 nitrogen and oxygen atoms in total. The number of hydrogen-bond acceptors (Lipinski definition) is 8. The third-order valence-corrected chi connectivity index (χ3v) is 6.01. The quantitative estimate of drug-likeness (QED) is 0.300. The number of carbonyl (C=O) groups is 2. The van der Waals surface area contributed by atoms with E-state index in [4.69, 9.17) is 14.2 Å². The lowest BCUT2D eigenvalue weighted by Crippen LogP contribution is -2.39. The summed E-state index contributed by atoms with van der Waals surface area (Å²) >= 11 is 0. The van der Waals surface area contributed by atoms with Crippen molar-refractivity contribution in [2.45, 2.75) is 26.2 Å². The summed E-state index contributed by atoms with van der Waals surface area (Å²) in [5.74, 6) is -0.393. The Bertz CT molecular complexity index is 1050. The van der Waals surface area contributed by atoms with Gasteiger partial charge in [-0.25, -0.2) is 0 Å². The van der Waals surface area contributed by atoms with E-state index in [2.05, 4.69) is 0 Å². The van der Waals surface area contributed by atoms with E-state index >= 15 is 0 Å². The molecule has 0 spiro atoms. The number of phenols is 2. The lowest BCUT2D eigenvalue weighted by molar-refractivity contribution is -0.130. The second kappa shape index (κ2) is 13.7. The zero-order valence-corrected chi connectivity index (χ0v) is 22.1. The molecule has 2 N–H and O–H groups in total. The molecule has 0 radical (unpaired) electrons. The van der Waals surface area contributed by atoms with Gasteiger partial charge in [-0.3, -0.25) is 9.59 Å². The number of ketones is 1. The lowest BCUT2D eigenvalue weighted by Gasteiger charge is -2.26. The van der Waals surface area contributed by atoms with E-state index in [1.54, 1.807) is 24.1 Å². The summed E-state index contributed by atoms with van der Waals surface area (Å²) < 4.78 is 15.7. The number of amides is 1. The van der Waals surface area contributed by atoms with E-state index in [0.717, 1.165) is 6.07 Å². The minimum atomic E-state index is -0.481. The van der Waals surface area contributed by atoms with Crippen molar-refractivity contribution >= 4 is 11.7 Å². The number of ether oxygens (including phenoxy) is 3. The zero-order chi connectivity index (χ0) is 26.8. The maximum atomic E-state index is 13.6. The number of carbonyl (C=O) groups excluding carboxylic acids is 2. The van der Waals surface area contributed by atoms with E-state index < -0.39 is 5.78 Å². The SMILES string of the molecule is CCc1c(O)cc(O)c(C(=O)c2ccc(OC)c(OC)c2)c1CC(=O)N(CCCOC)CCN(C)C. The molecule has 0 saturated heterocycles. The van der Waals surface area contributed by atoms with Crippen LogP contribution in [0.4, 0.5) is 0 Å². The molecule has 0 bridgehead atoms. The molecule has 36 heavy (non-hydrogen) atoms. The van der Waals surface area contributed by atoms with Crippen LogP contribution in [0, 0.1) is 0 Å². The van der Waals surface area contributed by atoms with Gasteiger partial charge in [0.2, 0.25) is 5.91 Å². The zero-order valence-electron chi connectivity index (χ0n) is 22.1. The number of likely N-dealkylation sites (N-methyl/N-ethyl adjacent to an activating group) is 1. The molecule has 0 fully saturated rings. The minimum Gasteiger partial charge on any atom is -0.508 e. The van der Waals surface area contributed by atoms with Crippen LogP contribution in [-0.4, -0.2) is 93.4 Å². The van der Waals surface area contributed by atoms with Gasteiger partial charge in [-0.05, 0) is 56.3 Å². The van der Waals surface area contributed by atoms with Gasteiger partial charge >= 0.3 is 0 Å². The van der Waals surface area contributed by atoms with E-state index in [0.29, 0.717) is 61.7 Å². The molecular formula is C27H38N2O7. The molecule has 2 aromatic rings. The summed E-state index contributed by atoms with van der Waals surface area (Å²) in [6.45, 7) is 4.00. The van der Waals surface area contributed by atoms with Crippen molar-refractivity contribution in [3.63, 3.8) is 0 Å². The predicted molar refractivity (Wildman–Crippen MR) is 137 cm³/mol. The maximum Gasteiger partial charge on any atom is 0.227 e. The van der Waals surface area contributed by atoms with Crippen LogP contribution in [0.15, 0.2) is 24.3 Å². The van der Waals surface area contributed by atoms with Crippen molar-refractivity contribution in [1.82, 2.24) is 9.80 Å². The second-order valence-corrected chi connectivity index (χ2v) is 8.71. The molecule has 1 amide bonds. The number of nitrogens with zero attached hydrogens (tertiary/aromatic N) is 2. The normalized spacial score (nSPS) is 11.0. The van der Waals surface area contributed by atoms with Gasteiger partial charge in [0.25, 0.3) is 0 Å². The topological polar surface area (TPSA) is 109 Å². The summed E-state index contributed by atoms with van der Waals surface area (Å²) in [5, 5.41) is 21.3. The van der Waals surface area contributed by atoms with Gasteiger partial charge in [0.1, 0.15) is 11.5 Å². The number of methoxy groups -OCH3 is 3. The molecule has 0 saturated carbocycles. The fourth-order valence-corrected chi connectivity index (χ4v) is 4.06. The molecule has 9 heteroatoms. The largest absolute Gasteiger partial charge is 0.508 e. The van der Waals surface area contributed by atoms with E-state index in [-0.39, 0.29) is 35.0 Å². The van der Waals surface area contributed by atoms with E-state index in [9.17, 15) is 19.8 Å². The average molecular weight is 503 g/mol. The Hall–Kier alpha value is -3.30. The van der Waals surface area contributed by atoms with Crippen LogP contribution in [0.5, 0.6) is 23.0 Å². The highest BCUT2D eigenvalue weighted by molar-refractivity contribution is 6.12. The molecule has 0 aliphatic rings. The first-order valence-electron chi connectivity index (χ1n) is 11.9. The summed E-state index contributed by atoms with van der Waals surface area (Å²) in [4.78, 5) is 30.8. The Morgan fingerprint density at radius 1 is 0.889 bits per heavy atom. The Morgan fingerprint density at radius 3 is 2.17 bits per heavy atom. The fraction of sp³-hybridized carbons (Fsp3) is 0.481. The molecule has 0 unspecified atom stereocenters. The Balaban J connectivity index is 2.52. The first kappa shape index (κ1) is 28.9. The number of rotatable bonds is 14. The van der Waals surface area contributed by atoms with Crippen LogP contribution in [0.2, 0.25) is 0 Å². The Labute approximate surface area is 213 Å². The number of hydrogen-bond donors (Lipinski definition) is 2. The molecule has 2 aromatic carbocycles. The van der Waals surface area contributed by atoms with Crippen molar-refractivity contribution < 1.29 is 34.0 Å². The first-order valence-corrected chi connectivity index (χ1v) is 11.9. The highest BCUT2D eigenvalue weighted by atomic mass is 16.5. The van der Waals surface area contributed by atoms with Crippen molar-refractivity contribution in [2.75, 3.05) is 61.7 Å². The predicted octanol–water partition coefficient (Wildman–Crippen LogP) is 2.88. The summed E-state index contributed by atoms with van der Waals surface area (Å²) in [7, 11) is 8.44. The molecule has 198 valence electrons. The van der Waals surface area contributed by atoms with Gasteiger partial charge in [-0.2, -0.15) is 0 Å². The van der Waals surface area contributed by atoms with E-state index in [1.807, 2.05) is 25.9 Å².